The van der Waals surface area contributed by atoms with E-state index in [1.807, 2.05) is 0 Å². The Labute approximate surface area is 113 Å². The van der Waals surface area contributed by atoms with Crippen molar-refractivity contribution in [3.05, 3.63) is 10.0 Å². The molecular weight excluding hydrogens is 270 g/mol. The number of hydrogen-bond acceptors (Lipinski definition) is 6. The number of sulfone groups is 1. The third-order valence-electron chi connectivity index (χ3n) is 2.54. The first-order chi connectivity index (χ1) is 8.30. The second-order valence-corrected chi connectivity index (χ2v) is 8.31. The van der Waals surface area contributed by atoms with Crippen LogP contribution in [0, 0.1) is 5.92 Å². The molecule has 0 spiro atoms. The summed E-state index contributed by atoms with van der Waals surface area (Å²) in [5, 5.41) is 12.2. The van der Waals surface area contributed by atoms with Gasteiger partial charge in [-0.3, -0.25) is 0 Å². The highest BCUT2D eigenvalue weighted by molar-refractivity contribution is 7.91. The monoisotopic (exact) mass is 291 g/mol. The minimum atomic E-state index is -3.09. The number of rotatable bonds is 7. The molecule has 0 bridgehead atoms. The molecule has 7 heteroatoms. The molecule has 1 aromatic heterocycles. The molecule has 18 heavy (non-hydrogen) atoms. The van der Waals surface area contributed by atoms with Gasteiger partial charge in [0.15, 0.2) is 9.84 Å². The lowest BCUT2D eigenvalue weighted by Gasteiger charge is -2.05. The predicted molar refractivity (Wildman–Crippen MR) is 74.6 cm³/mol. The van der Waals surface area contributed by atoms with E-state index in [-0.39, 0.29) is 0 Å². The number of nitrogens with one attached hydrogen (secondary N) is 1. The highest BCUT2D eigenvalue weighted by atomic mass is 32.2. The summed E-state index contributed by atoms with van der Waals surface area (Å²) >= 11 is 1.39. The Morgan fingerprint density at radius 1 is 1.28 bits per heavy atom. The fourth-order valence-corrected chi connectivity index (χ4v) is 3.16. The number of aromatic nitrogens is 2. The topological polar surface area (TPSA) is 72.0 Å². The van der Waals surface area contributed by atoms with E-state index in [2.05, 4.69) is 29.4 Å². The second kappa shape index (κ2) is 6.58. The van der Waals surface area contributed by atoms with Gasteiger partial charge in [-0.1, -0.05) is 13.8 Å². The maximum absolute atomic E-state index is 11.4. The van der Waals surface area contributed by atoms with E-state index < -0.39 is 15.1 Å². The lowest BCUT2D eigenvalue weighted by atomic mass is 10.2. The van der Waals surface area contributed by atoms with Crippen molar-refractivity contribution in [3.8, 4) is 0 Å². The average molecular weight is 291 g/mol. The van der Waals surface area contributed by atoms with Crippen LogP contribution >= 0.6 is 11.3 Å². The zero-order chi connectivity index (χ0) is 13.8. The highest BCUT2D eigenvalue weighted by Gasteiger charge is 2.21. The zero-order valence-corrected chi connectivity index (χ0v) is 12.9. The van der Waals surface area contributed by atoms with E-state index in [1.165, 1.54) is 17.6 Å². The molecule has 1 rings (SSSR count). The normalized spacial score (nSPS) is 14.1. The summed E-state index contributed by atoms with van der Waals surface area (Å²) < 4.78 is 22.8. The third kappa shape index (κ3) is 4.99. The highest BCUT2D eigenvalue weighted by Crippen LogP contribution is 2.24. The van der Waals surface area contributed by atoms with Crippen LogP contribution in [0.2, 0.25) is 0 Å². The van der Waals surface area contributed by atoms with Gasteiger partial charge in [0.05, 0.1) is 0 Å². The molecule has 0 fully saturated rings. The molecule has 104 valence electrons. The molecule has 5 nitrogen and oxygen atoms in total. The van der Waals surface area contributed by atoms with Crippen molar-refractivity contribution in [1.82, 2.24) is 15.5 Å². The molecule has 0 aliphatic heterocycles. The zero-order valence-electron chi connectivity index (χ0n) is 11.3. The summed E-state index contributed by atoms with van der Waals surface area (Å²) in [5.41, 5.74) is 0. The number of hydrogen-bond donors (Lipinski definition) is 1. The Morgan fingerprint density at radius 2 is 1.94 bits per heavy atom. The molecule has 0 radical (unpaired) electrons. The fraction of sp³-hybridized carbons (Fsp3) is 0.818. The van der Waals surface area contributed by atoms with Crippen LogP contribution in [0.4, 0.5) is 0 Å². The summed E-state index contributed by atoms with van der Waals surface area (Å²) in [6.07, 6.45) is 2.02. The van der Waals surface area contributed by atoms with E-state index in [1.54, 1.807) is 6.92 Å². The minimum Gasteiger partial charge on any atom is -0.316 e. The molecule has 1 heterocycles. The lowest BCUT2D eigenvalue weighted by molar-refractivity contribution is 0.553. The van der Waals surface area contributed by atoms with E-state index in [0.29, 0.717) is 10.9 Å². The first-order valence-electron chi connectivity index (χ1n) is 6.02. The Hall–Kier alpha value is -0.530. The second-order valence-electron chi connectivity index (χ2n) is 4.85. The van der Waals surface area contributed by atoms with Gasteiger partial charge in [0.25, 0.3) is 0 Å². The van der Waals surface area contributed by atoms with Crippen molar-refractivity contribution in [2.24, 2.45) is 5.92 Å². The van der Waals surface area contributed by atoms with Crippen LogP contribution in [0.3, 0.4) is 0 Å². The van der Waals surface area contributed by atoms with Gasteiger partial charge in [0.1, 0.15) is 15.3 Å². The molecule has 0 aliphatic carbocycles. The summed E-state index contributed by atoms with van der Waals surface area (Å²) in [6.45, 7) is 7.79. The Balaban J connectivity index is 2.49. The molecule has 0 aromatic carbocycles. The van der Waals surface area contributed by atoms with Gasteiger partial charge >= 0.3 is 0 Å². The first-order valence-corrected chi connectivity index (χ1v) is 8.79. The molecule has 1 N–H and O–H groups in total. The van der Waals surface area contributed by atoms with Gasteiger partial charge in [-0.15, -0.1) is 21.5 Å². The molecular formula is C11H21N3O2S2. The van der Waals surface area contributed by atoms with Gasteiger partial charge in [-0.2, -0.15) is 0 Å². The van der Waals surface area contributed by atoms with Crippen molar-refractivity contribution in [2.45, 2.75) is 32.4 Å². The van der Waals surface area contributed by atoms with Crippen LogP contribution < -0.4 is 5.32 Å². The molecule has 1 atom stereocenters. The molecule has 0 aliphatic rings. The first kappa shape index (κ1) is 15.5. The van der Waals surface area contributed by atoms with Gasteiger partial charge < -0.3 is 5.32 Å². The molecule has 1 aromatic rings. The van der Waals surface area contributed by atoms with Gasteiger partial charge in [-0.05, 0) is 19.4 Å². The van der Waals surface area contributed by atoms with Crippen LogP contribution in [0.5, 0.6) is 0 Å². The smallest absolute Gasteiger partial charge is 0.156 e. The molecule has 0 saturated carbocycles. The van der Waals surface area contributed by atoms with Crippen LogP contribution in [-0.4, -0.2) is 38.0 Å². The van der Waals surface area contributed by atoms with E-state index >= 15 is 0 Å². The van der Waals surface area contributed by atoms with Crippen LogP contribution in [0.25, 0.3) is 0 Å². The summed E-state index contributed by atoms with van der Waals surface area (Å²) in [5.74, 6) is 0.625. The maximum Gasteiger partial charge on any atom is 0.156 e. The molecule has 1 unspecified atom stereocenters. The minimum absolute atomic E-state index is 0.563. The van der Waals surface area contributed by atoms with E-state index in [0.717, 1.165) is 24.5 Å². The summed E-state index contributed by atoms with van der Waals surface area (Å²) in [7, 11) is -3.09. The van der Waals surface area contributed by atoms with Crippen molar-refractivity contribution in [2.75, 3.05) is 19.3 Å². The van der Waals surface area contributed by atoms with Gasteiger partial charge in [-0.25, -0.2) is 8.42 Å². The van der Waals surface area contributed by atoms with Crippen molar-refractivity contribution >= 4 is 21.2 Å². The largest absolute Gasteiger partial charge is 0.316 e. The van der Waals surface area contributed by atoms with E-state index in [4.69, 9.17) is 0 Å². The van der Waals surface area contributed by atoms with Crippen LogP contribution in [0.15, 0.2) is 0 Å². The van der Waals surface area contributed by atoms with E-state index in [9.17, 15) is 8.42 Å². The molecule has 0 amide bonds. The van der Waals surface area contributed by atoms with Crippen molar-refractivity contribution in [3.63, 3.8) is 0 Å². The number of nitrogens with zero attached hydrogens (tertiary/aromatic N) is 2. The lowest BCUT2D eigenvalue weighted by Crippen LogP contribution is -2.22. The Kier molecular flexibility index (Phi) is 5.68. The average Bonchev–Trinajstić information content (AvgIpc) is 2.70. The predicted octanol–water partition coefficient (Wildman–Crippen LogP) is 1.43. The SMILES string of the molecule is CC(C)CNCCc1nnc(C(C)S(C)(=O)=O)s1. The Morgan fingerprint density at radius 3 is 2.50 bits per heavy atom. The fourth-order valence-electron chi connectivity index (χ4n) is 1.30. The summed E-state index contributed by atoms with van der Waals surface area (Å²) in [4.78, 5) is 0. The third-order valence-corrected chi connectivity index (χ3v) is 5.36. The van der Waals surface area contributed by atoms with Crippen molar-refractivity contribution < 1.29 is 8.42 Å². The summed E-state index contributed by atoms with van der Waals surface area (Å²) in [6, 6.07) is 0. The Bertz CT molecular complexity index is 468. The van der Waals surface area contributed by atoms with Gasteiger partial charge in [0.2, 0.25) is 0 Å². The van der Waals surface area contributed by atoms with Crippen LogP contribution in [0.1, 0.15) is 36.0 Å². The maximum atomic E-state index is 11.4. The van der Waals surface area contributed by atoms with Crippen molar-refractivity contribution in [1.29, 1.82) is 0 Å². The standard InChI is InChI=1S/C11H21N3O2S2/c1-8(2)7-12-6-5-10-13-14-11(17-10)9(3)18(4,15)16/h8-9,12H,5-7H2,1-4H3. The van der Waals surface area contributed by atoms with Crippen LogP contribution in [-0.2, 0) is 16.3 Å². The quantitative estimate of drug-likeness (QED) is 0.770. The van der Waals surface area contributed by atoms with Gasteiger partial charge in [0, 0.05) is 19.2 Å². The molecule has 0 saturated heterocycles.